The summed E-state index contributed by atoms with van der Waals surface area (Å²) in [5.74, 6) is 2.15. The number of benzene rings is 2. The number of anilines is 1. The fraction of sp³-hybridized carbons (Fsp3) is 0.188. The third-order valence-corrected chi connectivity index (χ3v) is 3.26. The monoisotopic (exact) mass is 282 g/mol. The standard InChI is InChI=1S/C16H14N2O3/c1-19-13-5-3-12(4-6-13)18-14(9-17)11-2-7-15-16(8-11)21-10-20-15/h2-8,14,18H,10H2,1H3. The summed E-state index contributed by atoms with van der Waals surface area (Å²) in [5.41, 5.74) is 1.68. The molecule has 1 N–H and O–H groups in total. The Bertz CT molecular complexity index is 677. The Morgan fingerprint density at radius 3 is 2.62 bits per heavy atom. The Kier molecular flexibility index (Phi) is 3.52. The number of nitrogens with zero attached hydrogens (tertiary/aromatic N) is 1. The molecule has 0 fully saturated rings. The van der Waals surface area contributed by atoms with Crippen LogP contribution in [0.3, 0.4) is 0 Å². The molecule has 2 aromatic carbocycles. The van der Waals surface area contributed by atoms with Crippen molar-refractivity contribution in [2.75, 3.05) is 19.2 Å². The third-order valence-electron chi connectivity index (χ3n) is 3.26. The van der Waals surface area contributed by atoms with Crippen molar-refractivity contribution in [2.45, 2.75) is 6.04 Å². The second-order valence-corrected chi connectivity index (χ2v) is 4.55. The molecule has 0 bridgehead atoms. The van der Waals surface area contributed by atoms with E-state index in [2.05, 4.69) is 11.4 Å². The van der Waals surface area contributed by atoms with E-state index in [1.165, 1.54) is 0 Å². The first-order chi connectivity index (χ1) is 10.3. The molecule has 0 saturated heterocycles. The normalized spacial score (nSPS) is 13.3. The van der Waals surface area contributed by atoms with Crippen molar-refractivity contribution in [3.8, 4) is 23.3 Å². The lowest BCUT2D eigenvalue weighted by atomic mass is 10.1. The van der Waals surface area contributed by atoms with Gasteiger partial charge in [0.1, 0.15) is 11.8 Å². The molecule has 1 atom stereocenters. The number of rotatable bonds is 4. The van der Waals surface area contributed by atoms with Crippen LogP contribution in [0.25, 0.3) is 0 Å². The molecule has 0 saturated carbocycles. The summed E-state index contributed by atoms with van der Waals surface area (Å²) in [6.45, 7) is 0.224. The van der Waals surface area contributed by atoms with Gasteiger partial charge in [0, 0.05) is 5.69 Å². The van der Waals surface area contributed by atoms with Crippen LogP contribution in [0, 0.1) is 11.3 Å². The van der Waals surface area contributed by atoms with Gasteiger partial charge in [0.2, 0.25) is 6.79 Å². The predicted molar refractivity (Wildman–Crippen MR) is 77.5 cm³/mol. The maximum Gasteiger partial charge on any atom is 0.231 e. The van der Waals surface area contributed by atoms with Gasteiger partial charge in [-0.2, -0.15) is 5.26 Å². The first-order valence-corrected chi connectivity index (χ1v) is 6.50. The van der Waals surface area contributed by atoms with Gasteiger partial charge in [-0.3, -0.25) is 0 Å². The molecular formula is C16H14N2O3. The summed E-state index contributed by atoms with van der Waals surface area (Å²) in [5, 5.41) is 12.6. The fourth-order valence-corrected chi connectivity index (χ4v) is 2.14. The Labute approximate surface area is 122 Å². The quantitative estimate of drug-likeness (QED) is 0.933. The molecule has 106 valence electrons. The summed E-state index contributed by atoms with van der Waals surface area (Å²) in [7, 11) is 1.62. The van der Waals surface area contributed by atoms with Crippen LogP contribution >= 0.6 is 0 Å². The molecule has 0 spiro atoms. The minimum absolute atomic E-state index is 0.224. The maximum absolute atomic E-state index is 9.38. The Morgan fingerprint density at radius 1 is 1.14 bits per heavy atom. The number of nitrogens with one attached hydrogen (secondary N) is 1. The van der Waals surface area contributed by atoms with E-state index in [0.717, 1.165) is 17.0 Å². The summed E-state index contributed by atoms with van der Waals surface area (Å²) in [6.07, 6.45) is 0. The Hall–Kier alpha value is -2.87. The van der Waals surface area contributed by atoms with E-state index in [1.807, 2.05) is 42.5 Å². The molecule has 21 heavy (non-hydrogen) atoms. The molecule has 1 unspecified atom stereocenters. The van der Waals surface area contributed by atoms with E-state index in [1.54, 1.807) is 7.11 Å². The molecular weight excluding hydrogens is 268 g/mol. The van der Waals surface area contributed by atoms with E-state index in [0.29, 0.717) is 11.5 Å². The zero-order valence-corrected chi connectivity index (χ0v) is 11.5. The van der Waals surface area contributed by atoms with E-state index in [-0.39, 0.29) is 6.79 Å². The molecule has 2 aromatic rings. The van der Waals surface area contributed by atoms with Crippen LogP contribution in [0.4, 0.5) is 5.69 Å². The number of hydrogen-bond donors (Lipinski definition) is 1. The van der Waals surface area contributed by atoms with Crippen LogP contribution < -0.4 is 19.5 Å². The van der Waals surface area contributed by atoms with Gasteiger partial charge in [-0.25, -0.2) is 0 Å². The number of ether oxygens (including phenoxy) is 3. The maximum atomic E-state index is 9.38. The zero-order chi connectivity index (χ0) is 14.7. The Balaban J connectivity index is 1.80. The molecule has 0 amide bonds. The van der Waals surface area contributed by atoms with Crippen molar-refractivity contribution >= 4 is 5.69 Å². The number of hydrogen-bond acceptors (Lipinski definition) is 5. The van der Waals surface area contributed by atoms with Crippen molar-refractivity contribution in [2.24, 2.45) is 0 Å². The third kappa shape index (κ3) is 2.70. The summed E-state index contributed by atoms with van der Waals surface area (Å²) >= 11 is 0. The van der Waals surface area contributed by atoms with E-state index < -0.39 is 6.04 Å². The molecule has 1 aliphatic rings. The van der Waals surface area contributed by atoms with Gasteiger partial charge in [-0.1, -0.05) is 6.07 Å². The van der Waals surface area contributed by atoms with E-state index >= 15 is 0 Å². The highest BCUT2D eigenvalue weighted by Gasteiger charge is 2.17. The molecule has 5 heteroatoms. The second kappa shape index (κ2) is 5.63. The van der Waals surface area contributed by atoms with Gasteiger partial charge in [0.15, 0.2) is 11.5 Å². The summed E-state index contributed by atoms with van der Waals surface area (Å²) < 4.78 is 15.7. The minimum atomic E-state index is -0.465. The van der Waals surface area contributed by atoms with Crippen molar-refractivity contribution in [3.05, 3.63) is 48.0 Å². The molecule has 1 heterocycles. The van der Waals surface area contributed by atoms with Crippen LogP contribution in [-0.2, 0) is 0 Å². The topological polar surface area (TPSA) is 63.5 Å². The van der Waals surface area contributed by atoms with E-state index in [9.17, 15) is 5.26 Å². The molecule has 3 rings (SSSR count). The van der Waals surface area contributed by atoms with Gasteiger partial charge in [0.05, 0.1) is 13.2 Å². The number of fused-ring (bicyclic) bond motifs is 1. The predicted octanol–water partition coefficient (Wildman–Crippen LogP) is 3.10. The van der Waals surface area contributed by atoms with Crippen LogP contribution in [0.15, 0.2) is 42.5 Å². The van der Waals surface area contributed by atoms with Gasteiger partial charge in [-0.15, -0.1) is 0 Å². The minimum Gasteiger partial charge on any atom is -0.497 e. The SMILES string of the molecule is COc1ccc(NC(C#N)c2ccc3c(c2)OCO3)cc1. The smallest absolute Gasteiger partial charge is 0.231 e. The highest BCUT2D eigenvalue weighted by Crippen LogP contribution is 2.34. The van der Waals surface area contributed by atoms with E-state index in [4.69, 9.17) is 14.2 Å². The largest absolute Gasteiger partial charge is 0.497 e. The first-order valence-electron chi connectivity index (χ1n) is 6.50. The zero-order valence-electron chi connectivity index (χ0n) is 11.5. The average Bonchev–Trinajstić information content (AvgIpc) is 3.00. The van der Waals surface area contributed by atoms with Gasteiger partial charge in [0.25, 0.3) is 0 Å². The summed E-state index contributed by atoms with van der Waals surface area (Å²) in [6, 6.07) is 14.7. The van der Waals surface area contributed by atoms with Gasteiger partial charge < -0.3 is 19.5 Å². The molecule has 0 aromatic heterocycles. The van der Waals surface area contributed by atoms with Gasteiger partial charge >= 0.3 is 0 Å². The molecule has 0 aliphatic carbocycles. The highest BCUT2D eigenvalue weighted by atomic mass is 16.7. The second-order valence-electron chi connectivity index (χ2n) is 4.55. The van der Waals surface area contributed by atoms with Crippen molar-refractivity contribution in [1.82, 2.24) is 0 Å². The van der Waals surface area contributed by atoms with Crippen LogP contribution in [0.5, 0.6) is 17.2 Å². The molecule has 0 radical (unpaired) electrons. The average molecular weight is 282 g/mol. The lowest BCUT2D eigenvalue weighted by molar-refractivity contribution is 0.174. The lowest BCUT2D eigenvalue weighted by Crippen LogP contribution is -2.08. The molecule has 1 aliphatic heterocycles. The highest BCUT2D eigenvalue weighted by molar-refractivity contribution is 5.52. The van der Waals surface area contributed by atoms with Gasteiger partial charge in [-0.05, 0) is 42.0 Å². The number of methoxy groups -OCH3 is 1. The van der Waals surface area contributed by atoms with Crippen LogP contribution in [0.2, 0.25) is 0 Å². The summed E-state index contributed by atoms with van der Waals surface area (Å²) in [4.78, 5) is 0. The van der Waals surface area contributed by atoms with Crippen molar-refractivity contribution in [1.29, 1.82) is 5.26 Å². The Morgan fingerprint density at radius 2 is 1.90 bits per heavy atom. The number of nitriles is 1. The lowest BCUT2D eigenvalue weighted by Gasteiger charge is -2.14. The first kappa shape index (κ1) is 13.1. The molecule has 5 nitrogen and oxygen atoms in total. The van der Waals surface area contributed by atoms with Crippen molar-refractivity contribution < 1.29 is 14.2 Å². The van der Waals surface area contributed by atoms with Crippen molar-refractivity contribution in [3.63, 3.8) is 0 Å². The fourth-order valence-electron chi connectivity index (χ4n) is 2.14. The van der Waals surface area contributed by atoms with Crippen LogP contribution in [-0.4, -0.2) is 13.9 Å². The van der Waals surface area contributed by atoms with Crippen LogP contribution in [0.1, 0.15) is 11.6 Å².